The molecule has 6 nitrogen and oxygen atoms in total. The Morgan fingerprint density at radius 1 is 1.19 bits per heavy atom. The lowest BCUT2D eigenvalue weighted by atomic mass is 9.92. The molecule has 1 aromatic heterocycles. The van der Waals surface area contributed by atoms with Gasteiger partial charge in [0.05, 0.1) is 11.9 Å². The van der Waals surface area contributed by atoms with Crippen LogP contribution in [0, 0.1) is 6.92 Å². The monoisotopic (exact) mass is 460 g/mol. The van der Waals surface area contributed by atoms with E-state index in [0.29, 0.717) is 12.3 Å². The van der Waals surface area contributed by atoms with E-state index in [1.807, 2.05) is 30.7 Å². The highest BCUT2D eigenvalue weighted by molar-refractivity contribution is 7.90. The van der Waals surface area contributed by atoms with Crippen molar-refractivity contribution in [3.8, 4) is 11.1 Å². The fourth-order valence-corrected chi connectivity index (χ4v) is 5.89. The average Bonchev–Trinajstić information content (AvgIpc) is 3.29. The normalized spacial score (nSPS) is 19.0. The van der Waals surface area contributed by atoms with E-state index in [1.54, 1.807) is 13.8 Å². The molecular formula is C25H36N2O4S. The van der Waals surface area contributed by atoms with Gasteiger partial charge in [-0.05, 0) is 63.6 Å². The number of aromatic nitrogens is 1. The number of carbonyl (C=O) groups is 1. The highest BCUT2D eigenvalue weighted by Gasteiger charge is 2.33. The summed E-state index contributed by atoms with van der Waals surface area (Å²) < 4.78 is 35.0. The van der Waals surface area contributed by atoms with E-state index in [4.69, 9.17) is 4.74 Å². The van der Waals surface area contributed by atoms with Gasteiger partial charge in [0.25, 0.3) is 0 Å². The molecule has 1 heterocycles. The molecule has 1 aromatic carbocycles. The van der Waals surface area contributed by atoms with Gasteiger partial charge in [0, 0.05) is 30.3 Å². The number of sulfonamides is 1. The Kier molecular flexibility index (Phi) is 7.50. The van der Waals surface area contributed by atoms with Crippen molar-refractivity contribution in [3.05, 3.63) is 46.8 Å². The number of ether oxygens (including phenoxy) is 1. The number of carbonyl (C=O) groups excluding carboxylic acids is 1. The summed E-state index contributed by atoms with van der Waals surface area (Å²) in [4.78, 5) is 12.7. The van der Waals surface area contributed by atoms with Crippen molar-refractivity contribution in [2.75, 3.05) is 6.61 Å². The molecule has 0 unspecified atom stereocenters. The van der Waals surface area contributed by atoms with Crippen LogP contribution in [0.2, 0.25) is 0 Å². The summed E-state index contributed by atoms with van der Waals surface area (Å²) in [5, 5.41) is -0.443. The first-order valence-electron chi connectivity index (χ1n) is 11.6. The third kappa shape index (κ3) is 4.64. The van der Waals surface area contributed by atoms with Gasteiger partial charge in [-0.15, -0.1) is 0 Å². The second kappa shape index (κ2) is 9.79. The lowest BCUT2D eigenvalue weighted by Crippen LogP contribution is -2.40. The third-order valence-corrected chi connectivity index (χ3v) is 8.54. The highest BCUT2D eigenvalue weighted by atomic mass is 32.2. The molecule has 176 valence electrons. The maximum Gasteiger partial charge on any atom is 0.355 e. The maximum absolute atomic E-state index is 12.7. The number of benzene rings is 1. The summed E-state index contributed by atoms with van der Waals surface area (Å²) in [6.07, 6.45) is 3.64. The summed E-state index contributed by atoms with van der Waals surface area (Å²) >= 11 is 0. The minimum Gasteiger partial charge on any atom is -0.461 e. The van der Waals surface area contributed by atoms with Gasteiger partial charge in [-0.25, -0.2) is 17.9 Å². The van der Waals surface area contributed by atoms with E-state index >= 15 is 0 Å². The fraction of sp³-hybridized carbons (Fsp3) is 0.560. The molecular weight excluding hydrogens is 424 g/mol. The van der Waals surface area contributed by atoms with Crippen molar-refractivity contribution in [2.24, 2.45) is 7.05 Å². The number of hydrogen-bond donors (Lipinski definition) is 1. The molecule has 32 heavy (non-hydrogen) atoms. The van der Waals surface area contributed by atoms with Crippen molar-refractivity contribution in [3.63, 3.8) is 0 Å². The van der Waals surface area contributed by atoms with Crippen LogP contribution in [0.3, 0.4) is 0 Å². The second-order valence-electron chi connectivity index (χ2n) is 8.91. The smallest absolute Gasteiger partial charge is 0.355 e. The summed E-state index contributed by atoms with van der Waals surface area (Å²) in [6.45, 7) is 9.69. The van der Waals surface area contributed by atoms with Gasteiger partial charge in [-0.3, -0.25) is 0 Å². The zero-order valence-electron chi connectivity index (χ0n) is 20.1. The third-order valence-electron chi connectivity index (χ3n) is 6.67. The van der Waals surface area contributed by atoms with Crippen molar-refractivity contribution in [1.82, 2.24) is 9.29 Å². The molecule has 7 heteroatoms. The Bertz CT molecular complexity index is 1070. The lowest BCUT2D eigenvalue weighted by Gasteiger charge is -2.23. The summed E-state index contributed by atoms with van der Waals surface area (Å²) in [5.41, 5.74) is 5.81. The summed E-state index contributed by atoms with van der Waals surface area (Å²) in [6, 6.07) is 8.18. The van der Waals surface area contributed by atoms with Crippen LogP contribution in [0.15, 0.2) is 24.3 Å². The van der Waals surface area contributed by atoms with Gasteiger partial charge in [0.15, 0.2) is 0 Å². The van der Waals surface area contributed by atoms with Crippen molar-refractivity contribution in [2.45, 2.75) is 77.5 Å². The second-order valence-corrected chi connectivity index (χ2v) is 11.2. The fourth-order valence-electron chi connectivity index (χ4n) is 4.91. The van der Waals surface area contributed by atoms with E-state index in [2.05, 4.69) is 30.7 Å². The van der Waals surface area contributed by atoms with Crippen molar-refractivity contribution < 1.29 is 17.9 Å². The average molecular weight is 461 g/mol. The molecule has 1 fully saturated rings. The molecule has 2 atom stereocenters. The van der Waals surface area contributed by atoms with E-state index in [9.17, 15) is 13.2 Å². The SMILES string of the molecule is CCOC(=O)c1c(-c2ccc([C@@H]3CCC[C@@H]3NS(=O)(=O)C(C)C)cc2)c(C)c(CC)n1C. The number of esters is 1. The zero-order valence-corrected chi connectivity index (χ0v) is 20.9. The standard InChI is InChI=1S/C25H36N2O4S/c1-7-22-17(5)23(24(27(22)6)25(28)31-8-2)19-14-12-18(13-15-19)20-10-9-11-21(20)26-32(29,30)16(3)4/h12-16,20-21,26H,7-11H2,1-6H3/t20-,21-/m0/s1. The van der Waals surface area contributed by atoms with E-state index in [1.165, 1.54) is 0 Å². The quantitative estimate of drug-likeness (QED) is 0.579. The maximum atomic E-state index is 12.7. The lowest BCUT2D eigenvalue weighted by molar-refractivity contribution is 0.0516. The zero-order chi connectivity index (χ0) is 23.6. The summed E-state index contributed by atoms with van der Waals surface area (Å²) in [7, 11) is -1.39. The molecule has 3 rings (SSSR count). The number of nitrogens with one attached hydrogen (secondary N) is 1. The molecule has 0 spiro atoms. The Morgan fingerprint density at radius 2 is 1.84 bits per heavy atom. The predicted octanol–water partition coefficient (Wildman–Crippen LogP) is 4.70. The van der Waals surface area contributed by atoms with Crippen LogP contribution >= 0.6 is 0 Å². The van der Waals surface area contributed by atoms with E-state index in [-0.39, 0.29) is 17.9 Å². The topological polar surface area (TPSA) is 77.4 Å². The molecule has 1 aliphatic carbocycles. The molecule has 0 bridgehead atoms. The molecule has 0 aliphatic heterocycles. The highest BCUT2D eigenvalue weighted by Crippen LogP contribution is 2.38. The van der Waals surface area contributed by atoms with Crippen LogP contribution in [-0.4, -0.2) is 36.9 Å². The number of rotatable bonds is 8. The van der Waals surface area contributed by atoms with Crippen LogP contribution in [0.5, 0.6) is 0 Å². The first-order chi connectivity index (χ1) is 15.1. The molecule has 2 aromatic rings. The van der Waals surface area contributed by atoms with Crippen LogP contribution in [0.1, 0.15) is 80.2 Å². The Morgan fingerprint density at radius 3 is 2.41 bits per heavy atom. The van der Waals surface area contributed by atoms with Gasteiger partial charge in [0.2, 0.25) is 10.0 Å². The molecule has 0 saturated heterocycles. The van der Waals surface area contributed by atoms with Gasteiger partial charge in [-0.1, -0.05) is 37.6 Å². The van der Waals surface area contributed by atoms with Crippen LogP contribution in [0.4, 0.5) is 0 Å². The van der Waals surface area contributed by atoms with Crippen LogP contribution in [-0.2, 0) is 28.2 Å². The first-order valence-corrected chi connectivity index (χ1v) is 13.1. The van der Waals surface area contributed by atoms with Gasteiger partial charge in [0.1, 0.15) is 5.69 Å². The van der Waals surface area contributed by atoms with Crippen molar-refractivity contribution >= 4 is 16.0 Å². The molecule has 0 amide bonds. The van der Waals surface area contributed by atoms with Crippen molar-refractivity contribution in [1.29, 1.82) is 0 Å². The Labute approximate surface area is 192 Å². The Balaban J connectivity index is 1.95. The minimum absolute atomic E-state index is 0.0755. The predicted molar refractivity (Wildman–Crippen MR) is 128 cm³/mol. The van der Waals surface area contributed by atoms with E-state index in [0.717, 1.165) is 53.6 Å². The van der Waals surface area contributed by atoms with Gasteiger partial charge < -0.3 is 9.30 Å². The number of nitrogens with zero attached hydrogens (tertiary/aromatic N) is 1. The van der Waals surface area contributed by atoms with Gasteiger partial charge >= 0.3 is 5.97 Å². The van der Waals surface area contributed by atoms with E-state index < -0.39 is 15.3 Å². The Hall–Kier alpha value is -2.12. The van der Waals surface area contributed by atoms with Crippen LogP contribution < -0.4 is 4.72 Å². The molecule has 0 radical (unpaired) electrons. The minimum atomic E-state index is -3.31. The molecule has 1 aliphatic rings. The van der Waals surface area contributed by atoms with Crippen LogP contribution in [0.25, 0.3) is 11.1 Å². The first kappa shape index (κ1) is 24.5. The van der Waals surface area contributed by atoms with Gasteiger partial charge in [-0.2, -0.15) is 0 Å². The summed E-state index contributed by atoms with van der Waals surface area (Å²) in [5.74, 6) is -0.152. The molecule has 1 saturated carbocycles. The largest absolute Gasteiger partial charge is 0.461 e. The molecule has 1 N–H and O–H groups in total. The number of hydrogen-bond acceptors (Lipinski definition) is 4.